The maximum atomic E-state index is 11.2. The monoisotopic (exact) mass is 235 g/mol. The van der Waals surface area contributed by atoms with Crippen molar-refractivity contribution in [3.8, 4) is 0 Å². The van der Waals surface area contributed by atoms with Gasteiger partial charge in [-0.1, -0.05) is 18.2 Å². The number of hydrogen-bond donors (Lipinski definition) is 2. The summed E-state index contributed by atoms with van der Waals surface area (Å²) in [6.45, 7) is 0.885. The highest BCUT2D eigenvalue weighted by molar-refractivity contribution is 5.89. The second-order valence-corrected chi connectivity index (χ2v) is 4.53. The summed E-state index contributed by atoms with van der Waals surface area (Å²) in [5, 5.41) is 19.2. The van der Waals surface area contributed by atoms with Gasteiger partial charge in [0.2, 0.25) is 0 Å². The predicted molar refractivity (Wildman–Crippen MR) is 64.0 cm³/mol. The Morgan fingerprint density at radius 3 is 2.76 bits per heavy atom. The molecule has 0 aromatic heterocycles. The van der Waals surface area contributed by atoms with E-state index in [-0.39, 0.29) is 11.6 Å². The average molecular weight is 235 g/mol. The quantitative estimate of drug-likeness (QED) is 0.815. The van der Waals surface area contributed by atoms with Gasteiger partial charge in [0.05, 0.1) is 17.7 Å². The van der Waals surface area contributed by atoms with E-state index in [9.17, 15) is 9.90 Å². The number of carboxylic acids is 1. The highest BCUT2D eigenvalue weighted by Crippen LogP contribution is 2.31. The number of aromatic carboxylic acids is 1. The Morgan fingerprint density at radius 2 is 2.12 bits per heavy atom. The first-order valence-corrected chi connectivity index (χ1v) is 5.82. The van der Waals surface area contributed by atoms with Crippen LogP contribution in [0.1, 0.15) is 34.8 Å². The Morgan fingerprint density at radius 1 is 1.41 bits per heavy atom. The summed E-state index contributed by atoms with van der Waals surface area (Å²) in [7, 11) is 1.92. The number of likely N-dealkylation sites (tertiary alicyclic amines) is 1. The van der Waals surface area contributed by atoms with Crippen molar-refractivity contribution < 1.29 is 15.0 Å². The fourth-order valence-corrected chi connectivity index (χ4v) is 2.53. The first-order chi connectivity index (χ1) is 8.11. The maximum Gasteiger partial charge on any atom is 0.336 e. The van der Waals surface area contributed by atoms with Crippen LogP contribution < -0.4 is 0 Å². The van der Waals surface area contributed by atoms with E-state index in [1.807, 2.05) is 18.0 Å². The molecule has 0 radical (unpaired) electrons. The summed E-state index contributed by atoms with van der Waals surface area (Å²) in [5.41, 5.74) is 0.986. The molecule has 1 aliphatic rings. The average Bonchev–Trinajstić information content (AvgIpc) is 2.29. The van der Waals surface area contributed by atoms with Gasteiger partial charge in [0, 0.05) is 0 Å². The minimum Gasteiger partial charge on any atom is -0.478 e. The molecule has 1 saturated heterocycles. The van der Waals surface area contributed by atoms with Gasteiger partial charge in [-0.3, -0.25) is 4.90 Å². The van der Waals surface area contributed by atoms with Crippen LogP contribution in [-0.4, -0.2) is 40.8 Å². The highest BCUT2D eigenvalue weighted by atomic mass is 16.4. The van der Waals surface area contributed by atoms with Crippen molar-refractivity contribution in [3.63, 3.8) is 0 Å². The van der Waals surface area contributed by atoms with Gasteiger partial charge in [-0.25, -0.2) is 4.79 Å². The molecule has 0 amide bonds. The van der Waals surface area contributed by atoms with Gasteiger partial charge in [-0.2, -0.15) is 0 Å². The Labute approximate surface area is 100 Å². The van der Waals surface area contributed by atoms with Crippen LogP contribution in [0.3, 0.4) is 0 Å². The molecule has 2 N–H and O–H groups in total. The van der Waals surface area contributed by atoms with Gasteiger partial charge in [0.1, 0.15) is 0 Å². The minimum atomic E-state index is -0.938. The third-order valence-electron chi connectivity index (χ3n) is 3.36. The number of carboxylic acid groups (broad SMARTS) is 1. The molecule has 17 heavy (non-hydrogen) atoms. The van der Waals surface area contributed by atoms with E-state index < -0.39 is 12.1 Å². The van der Waals surface area contributed by atoms with E-state index >= 15 is 0 Å². The van der Waals surface area contributed by atoms with Crippen molar-refractivity contribution in [3.05, 3.63) is 35.4 Å². The highest BCUT2D eigenvalue weighted by Gasteiger charge is 2.31. The van der Waals surface area contributed by atoms with E-state index in [0.717, 1.165) is 19.4 Å². The van der Waals surface area contributed by atoms with Crippen molar-refractivity contribution >= 4 is 5.97 Å². The van der Waals surface area contributed by atoms with E-state index in [0.29, 0.717) is 5.56 Å². The van der Waals surface area contributed by atoms with Crippen LogP contribution in [0.5, 0.6) is 0 Å². The van der Waals surface area contributed by atoms with Crippen molar-refractivity contribution in [2.24, 2.45) is 0 Å². The molecule has 2 rings (SSSR count). The molecule has 92 valence electrons. The summed E-state index contributed by atoms with van der Waals surface area (Å²) in [6.07, 6.45) is 1.18. The van der Waals surface area contributed by atoms with Crippen LogP contribution in [0.4, 0.5) is 0 Å². The lowest BCUT2D eigenvalue weighted by molar-refractivity contribution is 0.0233. The lowest BCUT2D eigenvalue weighted by Crippen LogP contribution is -2.39. The van der Waals surface area contributed by atoms with Crippen LogP contribution in [0.15, 0.2) is 24.3 Å². The molecule has 1 fully saturated rings. The van der Waals surface area contributed by atoms with E-state index in [1.54, 1.807) is 18.2 Å². The van der Waals surface area contributed by atoms with E-state index in [1.165, 1.54) is 0 Å². The van der Waals surface area contributed by atoms with Crippen molar-refractivity contribution in [1.29, 1.82) is 0 Å². The number of hydrogen-bond acceptors (Lipinski definition) is 3. The van der Waals surface area contributed by atoms with Crippen molar-refractivity contribution in [2.75, 3.05) is 13.6 Å². The standard InChI is InChI=1S/C13H17NO3/c1-14-8-4-7-11(15)12(14)9-5-2-3-6-10(9)13(16)17/h2-3,5-6,11-12,15H,4,7-8H2,1H3,(H,16,17). The van der Waals surface area contributed by atoms with Crippen LogP contribution in [0.2, 0.25) is 0 Å². The molecule has 0 saturated carbocycles. The van der Waals surface area contributed by atoms with Crippen LogP contribution in [0, 0.1) is 0 Å². The molecule has 0 aliphatic carbocycles. The lowest BCUT2D eigenvalue weighted by atomic mass is 9.90. The molecule has 1 aromatic carbocycles. The number of benzene rings is 1. The fraction of sp³-hybridized carbons (Fsp3) is 0.462. The summed E-state index contributed by atoms with van der Waals surface area (Å²) in [6, 6.07) is 6.70. The Balaban J connectivity index is 2.41. The Kier molecular flexibility index (Phi) is 3.45. The Hall–Kier alpha value is -1.39. The molecule has 1 heterocycles. The fourth-order valence-electron chi connectivity index (χ4n) is 2.53. The van der Waals surface area contributed by atoms with E-state index in [4.69, 9.17) is 5.11 Å². The number of nitrogens with zero attached hydrogens (tertiary/aromatic N) is 1. The Bertz CT molecular complexity index is 409. The third kappa shape index (κ3) is 2.33. The third-order valence-corrected chi connectivity index (χ3v) is 3.36. The smallest absolute Gasteiger partial charge is 0.336 e. The number of likely N-dealkylation sites (N-methyl/N-ethyl adjacent to an activating group) is 1. The molecule has 4 heteroatoms. The number of piperidine rings is 1. The number of carbonyl (C=O) groups is 1. The van der Waals surface area contributed by atoms with Gasteiger partial charge in [0.25, 0.3) is 0 Å². The number of rotatable bonds is 2. The molecule has 1 aromatic rings. The van der Waals surface area contributed by atoms with Gasteiger partial charge < -0.3 is 10.2 Å². The van der Waals surface area contributed by atoms with Gasteiger partial charge in [0.15, 0.2) is 0 Å². The molecular weight excluding hydrogens is 218 g/mol. The molecule has 4 nitrogen and oxygen atoms in total. The molecule has 0 bridgehead atoms. The summed E-state index contributed by atoms with van der Waals surface area (Å²) in [5.74, 6) is -0.938. The normalized spacial score (nSPS) is 25.8. The zero-order valence-electron chi connectivity index (χ0n) is 9.84. The van der Waals surface area contributed by atoms with Crippen molar-refractivity contribution in [1.82, 2.24) is 4.90 Å². The van der Waals surface area contributed by atoms with E-state index in [2.05, 4.69) is 0 Å². The summed E-state index contributed by atoms with van der Waals surface area (Å²) >= 11 is 0. The number of aliphatic hydroxyl groups excluding tert-OH is 1. The lowest BCUT2D eigenvalue weighted by Gasteiger charge is -2.37. The van der Waals surface area contributed by atoms with Crippen molar-refractivity contribution in [2.45, 2.75) is 25.0 Å². The predicted octanol–water partition coefficient (Wildman–Crippen LogP) is 1.51. The molecular formula is C13H17NO3. The second kappa shape index (κ2) is 4.85. The first-order valence-electron chi connectivity index (χ1n) is 5.82. The van der Waals surface area contributed by atoms with Crippen LogP contribution in [-0.2, 0) is 0 Å². The zero-order chi connectivity index (χ0) is 12.4. The zero-order valence-corrected chi connectivity index (χ0v) is 9.84. The first kappa shape index (κ1) is 12.1. The molecule has 2 unspecified atom stereocenters. The second-order valence-electron chi connectivity index (χ2n) is 4.53. The van der Waals surface area contributed by atoms with Crippen LogP contribution in [0.25, 0.3) is 0 Å². The summed E-state index contributed by atoms with van der Waals surface area (Å²) < 4.78 is 0. The van der Waals surface area contributed by atoms with Gasteiger partial charge in [-0.05, 0) is 38.1 Å². The number of aliphatic hydroxyl groups is 1. The molecule has 2 atom stereocenters. The molecule has 0 spiro atoms. The minimum absolute atomic E-state index is 0.212. The largest absolute Gasteiger partial charge is 0.478 e. The topological polar surface area (TPSA) is 60.8 Å². The van der Waals surface area contributed by atoms with Gasteiger partial charge >= 0.3 is 5.97 Å². The van der Waals surface area contributed by atoms with Gasteiger partial charge in [-0.15, -0.1) is 0 Å². The molecule has 1 aliphatic heterocycles. The SMILES string of the molecule is CN1CCCC(O)C1c1ccccc1C(=O)O. The van der Waals surface area contributed by atoms with Crippen LogP contribution >= 0.6 is 0 Å². The maximum absolute atomic E-state index is 11.2. The summed E-state index contributed by atoms with van der Waals surface area (Å²) in [4.78, 5) is 13.2.